The summed E-state index contributed by atoms with van der Waals surface area (Å²) in [6.45, 7) is 0. The van der Waals surface area contributed by atoms with E-state index < -0.39 is 4.92 Å². The van der Waals surface area contributed by atoms with Gasteiger partial charge in [-0.25, -0.2) is 9.67 Å². The predicted octanol–water partition coefficient (Wildman–Crippen LogP) is 2.38. The van der Waals surface area contributed by atoms with Gasteiger partial charge in [0.15, 0.2) is 0 Å². The Bertz CT molecular complexity index is 786. The summed E-state index contributed by atoms with van der Waals surface area (Å²) in [5.41, 5.74) is 0.457. The Morgan fingerprint density at radius 1 is 1.26 bits per heavy atom. The number of nitro groups is 1. The van der Waals surface area contributed by atoms with Gasteiger partial charge in [0.25, 0.3) is 0 Å². The average molecular weight is 276 g/mol. The van der Waals surface area contributed by atoms with Crippen LogP contribution in [0, 0.1) is 10.1 Å². The molecule has 0 N–H and O–H groups in total. The lowest BCUT2D eigenvalue weighted by Crippen LogP contribution is -2.05. The maximum absolute atomic E-state index is 11.0. The van der Waals surface area contributed by atoms with Crippen molar-refractivity contribution >= 4 is 28.2 Å². The average Bonchev–Trinajstić information content (AvgIpc) is 2.82. The van der Waals surface area contributed by atoms with Crippen molar-refractivity contribution in [3.63, 3.8) is 0 Å². The van der Waals surface area contributed by atoms with Gasteiger partial charge in [0, 0.05) is 5.39 Å². The van der Waals surface area contributed by atoms with Gasteiger partial charge >= 0.3 is 5.69 Å². The number of benzene rings is 1. The lowest BCUT2D eigenvalue weighted by atomic mass is 10.2. The standard InChI is InChI=1S/C11H6ClN5O2/c12-11-13-6-9(17(18)19)10(15-11)16-8-4-2-1-3-7(8)5-14-16/h1-6H. The molecule has 0 radical (unpaired) electrons. The minimum atomic E-state index is -0.567. The van der Waals surface area contributed by atoms with Crippen LogP contribution in [0.4, 0.5) is 5.69 Å². The molecule has 2 aromatic heterocycles. The number of rotatable bonds is 2. The van der Waals surface area contributed by atoms with Crippen molar-refractivity contribution in [3.8, 4) is 5.82 Å². The maximum atomic E-state index is 11.0. The van der Waals surface area contributed by atoms with E-state index >= 15 is 0 Å². The number of nitrogens with zero attached hydrogens (tertiary/aromatic N) is 5. The van der Waals surface area contributed by atoms with Crippen molar-refractivity contribution in [3.05, 3.63) is 52.1 Å². The normalized spacial score (nSPS) is 10.8. The van der Waals surface area contributed by atoms with Crippen LogP contribution in [-0.2, 0) is 0 Å². The first-order chi connectivity index (χ1) is 9.16. The summed E-state index contributed by atoms with van der Waals surface area (Å²) < 4.78 is 1.38. The summed E-state index contributed by atoms with van der Waals surface area (Å²) in [5.74, 6) is 0.0474. The van der Waals surface area contributed by atoms with Crippen molar-refractivity contribution in [2.75, 3.05) is 0 Å². The highest BCUT2D eigenvalue weighted by molar-refractivity contribution is 6.28. The maximum Gasteiger partial charge on any atom is 0.331 e. The molecular formula is C11H6ClN5O2. The second-order valence-electron chi connectivity index (χ2n) is 3.72. The highest BCUT2D eigenvalue weighted by Gasteiger charge is 2.20. The van der Waals surface area contributed by atoms with Gasteiger partial charge in [-0.15, -0.1) is 0 Å². The number of fused-ring (bicyclic) bond motifs is 1. The zero-order valence-corrected chi connectivity index (χ0v) is 10.2. The number of halogens is 1. The van der Waals surface area contributed by atoms with Gasteiger partial charge in [0.2, 0.25) is 11.1 Å². The van der Waals surface area contributed by atoms with E-state index in [2.05, 4.69) is 15.1 Å². The summed E-state index contributed by atoms with van der Waals surface area (Å²) >= 11 is 5.70. The van der Waals surface area contributed by atoms with Crippen LogP contribution >= 0.6 is 11.6 Å². The van der Waals surface area contributed by atoms with Crippen LogP contribution in [0.25, 0.3) is 16.7 Å². The molecule has 0 amide bonds. The van der Waals surface area contributed by atoms with E-state index in [1.165, 1.54) is 4.68 Å². The molecule has 0 aliphatic heterocycles. The fraction of sp³-hybridized carbons (Fsp3) is 0. The Morgan fingerprint density at radius 2 is 2.05 bits per heavy atom. The summed E-state index contributed by atoms with van der Waals surface area (Å²) in [7, 11) is 0. The largest absolute Gasteiger partial charge is 0.331 e. The quantitative estimate of drug-likeness (QED) is 0.407. The first kappa shape index (κ1) is 11.5. The molecule has 0 unspecified atom stereocenters. The van der Waals surface area contributed by atoms with Crippen LogP contribution in [-0.4, -0.2) is 24.7 Å². The predicted molar refractivity (Wildman–Crippen MR) is 68.3 cm³/mol. The van der Waals surface area contributed by atoms with Crippen molar-refractivity contribution in [2.45, 2.75) is 0 Å². The molecule has 7 nitrogen and oxygen atoms in total. The Morgan fingerprint density at radius 3 is 2.84 bits per heavy atom. The molecule has 0 saturated heterocycles. The molecule has 0 atom stereocenters. The lowest BCUT2D eigenvalue weighted by Gasteiger charge is -2.03. The molecule has 2 heterocycles. The van der Waals surface area contributed by atoms with E-state index in [4.69, 9.17) is 11.6 Å². The molecule has 0 fully saturated rings. The van der Waals surface area contributed by atoms with Crippen molar-refractivity contribution in [1.29, 1.82) is 0 Å². The molecule has 1 aromatic carbocycles. The highest BCUT2D eigenvalue weighted by Crippen LogP contribution is 2.24. The third-order valence-corrected chi connectivity index (χ3v) is 2.78. The number of para-hydroxylation sites is 1. The van der Waals surface area contributed by atoms with E-state index in [9.17, 15) is 10.1 Å². The smallest absolute Gasteiger partial charge is 0.258 e. The Hall–Kier alpha value is -2.54. The van der Waals surface area contributed by atoms with Crippen LogP contribution in [0.1, 0.15) is 0 Å². The number of hydrogen-bond donors (Lipinski definition) is 0. The van der Waals surface area contributed by atoms with E-state index in [0.717, 1.165) is 11.6 Å². The molecule has 94 valence electrons. The fourth-order valence-electron chi connectivity index (χ4n) is 1.77. The molecular weight excluding hydrogens is 270 g/mol. The van der Waals surface area contributed by atoms with Gasteiger partial charge in [-0.2, -0.15) is 10.1 Å². The lowest BCUT2D eigenvalue weighted by molar-refractivity contribution is -0.385. The van der Waals surface area contributed by atoms with E-state index in [1.807, 2.05) is 18.2 Å². The third-order valence-electron chi connectivity index (χ3n) is 2.60. The zero-order chi connectivity index (χ0) is 13.4. The summed E-state index contributed by atoms with van der Waals surface area (Å²) in [5, 5.41) is 15.9. The van der Waals surface area contributed by atoms with Gasteiger partial charge in [0.1, 0.15) is 6.20 Å². The second-order valence-corrected chi connectivity index (χ2v) is 4.06. The third kappa shape index (κ3) is 1.89. The van der Waals surface area contributed by atoms with Crippen molar-refractivity contribution < 1.29 is 4.92 Å². The monoisotopic (exact) mass is 275 g/mol. The Labute approximate surface area is 111 Å². The molecule has 8 heteroatoms. The molecule has 19 heavy (non-hydrogen) atoms. The van der Waals surface area contributed by atoms with Gasteiger partial charge in [0.05, 0.1) is 16.6 Å². The molecule has 0 aliphatic carbocycles. The molecule has 0 spiro atoms. The minimum Gasteiger partial charge on any atom is -0.258 e. The topological polar surface area (TPSA) is 86.7 Å². The van der Waals surface area contributed by atoms with Crippen LogP contribution in [0.15, 0.2) is 36.7 Å². The van der Waals surface area contributed by atoms with Crippen LogP contribution < -0.4 is 0 Å². The first-order valence-corrected chi connectivity index (χ1v) is 5.64. The minimum absolute atomic E-state index is 0.0474. The first-order valence-electron chi connectivity index (χ1n) is 5.27. The fourth-order valence-corrected chi connectivity index (χ4v) is 1.90. The highest BCUT2D eigenvalue weighted by atomic mass is 35.5. The van der Waals surface area contributed by atoms with Gasteiger partial charge in [-0.1, -0.05) is 18.2 Å². The zero-order valence-electron chi connectivity index (χ0n) is 9.39. The van der Waals surface area contributed by atoms with E-state index in [-0.39, 0.29) is 16.8 Å². The second kappa shape index (κ2) is 4.29. The number of aromatic nitrogens is 4. The Balaban J connectivity index is 2.32. The summed E-state index contributed by atoms with van der Waals surface area (Å²) in [6.07, 6.45) is 2.68. The molecule has 3 aromatic rings. The molecule has 0 bridgehead atoms. The van der Waals surface area contributed by atoms with Crippen molar-refractivity contribution in [2.24, 2.45) is 0 Å². The summed E-state index contributed by atoms with van der Waals surface area (Å²) in [4.78, 5) is 18.0. The van der Waals surface area contributed by atoms with Crippen molar-refractivity contribution in [1.82, 2.24) is 19.7 Å². The van der Waals surface area contributed by atoms with Crippen LogP contribution in [0.2, 0.25) is 5.28 Å². The number of hydrogen-bond acceptors (Lipinski definition) is 5. The van der Waals surface area contributed by atoms with E-state index in [0.29, 0.717) is 5.52 Å². The van der Waals surface area contributed by atoms with Crippen LogP contribution in [0.5, 0.6) is 0 Å². The van der Waals surface area contributed by atoms with Gasteiger partial charge < -0.3 is 0 Å². The SMILES string of the molecule is O=[N+]([O-])c1cnc(Cl)nc1-n1ncc2ccccc21. The Kier molecular flexibility index (Phi) is 2.60. The molecule has 3 rings (SSSR count). The summed E-state index contributed by atoms with van der Waals surface area (Å²) in [6, 6.07) is 7.32. The van der Waals surface area contributed by atoms with Gasteiger partial charge in [-0.3, -0.25) is 10.1 Å². The van der Waals surface area contributed by atoms with Gasteiger partial charge in [-0.05, 0) is 17.7 Å². The van der Waals surface area contributed by atoms with E-state index in [1.54, 1.807) is 12.3 Å². The molecule has 0 aliphatic rings. The molecule has 0 saturated carbocycles. The van der Waals surface area contributed by atoms with Crippen LogP contribution in [0.3, 0.4) is 0 Å².